The number of carbonyl (C=O) groups is 1. The number of carbonyl (C=O) groups excluding carboxylic acids is 1. The lowest BCUT2D eigenvalue weighted by Crippen LogP contribution is -2.33. The summed E-state index contributed by atoms with van der Waals surface area (Å²) >= 11 is 0. The summed E-state index contributed by atoms with van der Waals surface area (Å²) in [5, 5.41) is 3.97. The van der Waals surface area contributed by atoms with Crippen LogP contribution in [0.3, 0.4) is 0 Å². The van der Waals surface area contributed by atoms with Crippen molar-refractivity contribution in [2.75, 3.05) is 32.7 Å². The molecule has 2 heterocycles. The molecule has 0 spiro atoms. The second kappa shape index (κ2) is 7.59. The van der Waals surface area contributed by atoms with Crippen LogP contribution in [0.15, 0.2) is 10.6 Å². The first-order valence-corrected chi connectivity index (χ1v) is 8.10. The number of nitrogens with zero attached hydrogens (tertiary/aromatic N) is 3. The molecule has 5 heteroatoms. The summed E-state index contributed by atoms with van der Waals surface area (Å²) in [7, 11) is 0. The van der Waals surface area contributed by atoms with Crippen LogP contribution in [0.4, 0.5) is 0 Å². The molecule has 1 aliphatic rings. The van der Waals surface area contributed by atoms with E-state index < -0.39 is 0 Å². The third-order valence-electron chi connectivity index (χ3n) is 4.10. The maximum Gasteiger partial charge on any atom is 0.292 e. The number of rotatable bonds is 7. The topological polar surface area (TPSA) is 49.6 Å². The Hall–Kier alpha value is -1.36. The van der Waals surface area contributed by atoms with Crippen molar-refractivity contribution >= 4 is 5.91 Å². The minimum absolute atomic E-state index is 0.0432. The number of hydrogen-bond donors (Lipinski definition) is 0. The average Bonchev–Trinajstić information content (AvgIpc) is 3.13. The van der Waals surface area contributed by atoms with Gasteiger partial charge in [-0.3, -0.25) is 4.79 Å². The Morgan fingerprint density at radius 1 is 1.43 bits per heavy atom. The molecule has 0 saturated carbocycles. The van der Waals surface area contributed by atoms with E-state index in [0.29, 0.717) is 12.3 Å². The Kier molecular flexibility index (Phi) is 5.79. The van der Waals surface area contributed by atoms with Crippen LogP contribution in [-0.4, -0.2) is 53.6 Å². The smallest absolute Gasteiger partial charge is 0.292 e. The Bertz CT molecular complexity index is 450. The molecule has 0 atom stereocenters. The predicted molar refractivity (Wildman–Crippen MR) is 82.5 cm³/mol. The zero-order valence-corrected chi connectivity index (χ0v) is 13.5. The van der Waals surface area contributed by atoms with Crippen LogP contribution in [0.1, 0.15) is 62.2 Å². The maximum absolute atomic E-state index is 12.4. The molecule has 0 aliphatic carbocycles. The molecule has 1 aliphatic heterocycles. The molecular weight excluding hydrogens is 266 g/mol. The van der Waals surface area contributed by atoms with Crippen LogP contribution in [0.2, 0.25) is 0 Å². The van der Waals surface area contributed by atoms with Gasteiger partial charge in [-0.05, 0) is 51.7 Å². The maximum atomic E-state index is 12.4. The Balaban J connectivity index is 1.84. The quantitative estimate of drug-likeness (QED) is 0.775. The fourth-order valence-corrected chi connectivity index (χ4v) is 2.71. The summed E-state index contributed by atoms with van der Waals surface area (Å²) in [6, 6.07) is 1.77. The Morgan fingerprint density at radius 2 is 2.14 bits per heavy atom. The van der Waals surface area contributed by atoms with E-state index in [4.69, 9.17) is 4.52 Å². The molecule has 2 rings (SSSR count). The Morgan fingerprint density at radius 3 is 2.71 bits per heavy atom. The number of amides is 1. The van der Waals surface area contributed by atoms with Gasteiger partial charge < -0.3 is 14.3 Å². The van der Waals surface area contributed by atoms with E-state index in [1.54, 1.807) is 6.07 Å². The molecule has 1 saturated heterocycles. The number of likely N-dealkylation sites (tertiary alicyclic amines) is 1. The molecule has 0 aromatic carbocycles. The second-order valence-electron chi connectivity index (χ2n) is 6.06. The van der Waals surface area contributed by atoms with Crippen LogP contribution in [0, 0.1) is 0 Å². The summed E-state index contributed by atoms with van der Waals surface area (Å²) < 4.78 is 5.20. The van der Waals surface area contributed by atoms with Gasteiger partial charge in [0.25, 0.3) is 5.91 Å². The van der Waals surface area contributed by atoms with Crippen LogP contribution < -0.4 is 0 Å². The van der Waals surface area contributed by atoms with E-state index in [1.165, 1.54) is 25.9 Å². The fraction of sp³-hybridized carbons (Fsp3) is 0.750. The van der Waals surface area contributed by atoms with Crippen molar-refractivity contribution in [1.29, 1.82) is 0 Å². The predicted octanol–water partition coefficient (Wildman–Crippen LogP) is 2.75. The largest absolute Gasteiger partial charge is 0.351 e. The van der Waals surface area contributed by atoms with Crippen LogP contribution >= 0.6 is 0 Å². The highest BCUT2D eigenvalue weighted by Gasteiger charge is 2.20. The first kappa shape index (κ1) is 16.0. The standard InChI is InChI=1S/C16H27N3O2/c1-4-19(11-7-10-18-8-5-6-9-18)16(20)15-12-14(13(2)3)17-21-15/h12-13H,4-11H2,1-3H3. The monoisotopic (exact) mass is 293 g/mol. The summed E-state index contributed by atoms with van der Waals surface area (Å²) in [4.78, 5) is 16.7. The molecule has 0 N–H and O–H groups in total. The normalized spacial score (nSPS) is 15.8. The lowest BCUT2D eigenvalue weighted by atomic mass is 10.1. The van der Waals surface area contributed by atoms with Gasteiger partial charge in [0.15, 0.2) is 0 Å². The highest BCUT2D eigenvalue weighted by Crippen LogP contribution is 2.16. The molecule has 118 valence electrons. The summed E-state index contributed by atoms with van der Waals surface area (Å²) in [5.74, 6) is 0.598. The summed E-state index contributed by atoms with van der Waals surface area (Å²) in [6.07, 6.45) is 3.64. The fourth-order valence-electron chi connectivity index (χ4n) is 2.71. The van der Waals surface area contributed by atoms with Gasteiger partial charge in [0.05, 0.1) is 5.69 Å². The Labute approximate surface area is 127 Å². The zero-order valence-electron chi connectivity index (χ0n) is 13.5. The second-order valence-corrected chi connectivity index (χ2v) is 6.06. The summed E-state index contributed by atoms with van der Waals surface area (Å²) in [5.41, 5.74) is 0.839. The molecule has 1 aromatic rings. The van der Waals surface area contributed by atoms with Crippen molar-refractivity contribution in [1.82, 2.24) is 15.0 Å². The number of aromatic nitrogens is 1. The molecular formula is C16H27N3O2. The van der Waals surface area contributed by atoms with Gasteiger partial charge in [-0.1, -0.05) is 19.0 Å². The molecule has 1 amide bonds. The van der Waals surface area contributed by atoms with Crippen LogP contribution in [0.25, 0.3) is 0 Å². The van der Waals surface area contributed by atoms with Gasteiger partial charge in [-0.25, -0.2) is 0 Å². The van der Waals surface area contributed by atoms with Gasteiger partial charge in [0.2, 0.25) is 5.76 Å². The van der Waals surface area contributed by atoms with E-state index in [-0.39, 0.29) is 11.8 Å². The van der Waals surface area contributed by atoms with E-state index >= 15 is 0 Å². The lowest BCUT2D eigenvalue weighted by Gasteiger charge is -2.21. The highest BCUT2D eigenvalue weighted by molar-refractivity contribution is 5.91. The molecule has 5 nitrogen and oxygen atoms in total. The van der Waals surface area contributed by atoms with E-state index in [2.05, 4.69) is 10.1 Å². The highest BCUT2D eigenvalue weighted by atomic mass is 16.5. The molecule has 1 fully saturated rings. The van der Waals surface area contributed by atoms with Gasteiger partial charge in [0, 0.05) is 19.2 Å². The lowest BCUT2D eigenvalue weighted by molar-refractivity contribution is 0.0716. The van der Waals surface area contributed by atoms with Gasteiger partial charge >= 0.3 is 0 Å². The first-order chi connectivity index (χ1) is 10.1. The average molecular weight is 293 g/mol. The van der Waals surface area contributed by atoms with Crippen LogP contribution in [-0.2, 0) is 0 Å². The van der Waals surface area contributed by atoms with Crippen molar-refractivity contribution in [3.63, 3.8) is 0 Å². The third-order valence-corrected chi connectivity index (χ3v) is 4.10. The van der Waals surface area contributed by atoms with Crippen molar-refractivity contribution in [2.45, 2.75) is 46.0 Å². The van der Waals surface area contributed by atoms with E-state index in [0.717, 1.165) is 25.2 Å². The molecule has 1 aromatic heterocycles. The summed E-state index contributed by atoms with van der Waals surface area (Å²) in [6.45, 7) is 11.1. The molecule has 0 unspecified atom stereocenters. The van der Waals surface area contributed by atoms with Gasteiger partial charge in [-0.2, -0.15) is 0 Å². The SMILES string of the molecule is CCN(CCCN1CCCC1)C(=O)c1cc(C(C)C)no1. The van der Waals surface area contributed by atoms with E-state index in [1.807, 2.05) is 25.7 Å². The van der Waals surface area contributed by atoms with Gasteiger partial charge in [-0.15, -0.1) is 0 Å². The zero-order chi connectivity index (χ0) is 15.2. The van der Waals surface area contributed by atoms with Crippen molar-refractivity contribution < 1.29 is 9.32 Å². The molecule has 0 bridgehead atoms. The first-order valence-electron chi connectivity index (χ1n) is 8.10. The third kappa shape index (κ3) is 4.30. The van der Waals surface area contributed by atoms with Gasteiger partial charge in [0.1, 0.15) is 0 Å². The van der Waals surface area contributed by atoms with Crippen molar-refractivity contribution in [3.8, 4) is 0 Å². The van der Waals surface area contributed by atoms with Crippen molar-refractivity contribution in [3.05, 3.63) is 17.5 Å². The minimum atomic E-state index is -0.0432. The minimum Gasteiger partial charge on any atom is -0.351 e. The van der Waals surface area contributed by atoms with Crippen LogP contribution in [0.5, 0.6) is 0 Å². The molecule has 21 heavy (non-hydrogen) atoms. The van der Waals surface area contributed by atoms with E-state index in [9.17, 15) is 4.79 Å². The molecule has 0 radical (unpaired) electrons. The van der Waals surface area contributed by atoms with Crippen molar-refractivity contribution in [2.24, 2.45) is 0 Å². The number of hydrogen-bond acceptors (Lipinski definition) is 4.